The van der Waals surface area contributed by atoms with Gasteiger partial charge in [0.1, 0.15) is 0 Å². The molecule has 0 fully saturated rings. The van der Waals surface area contributed by atoms with Crippen LogP contribution in [-0.4, -0.2) is 17.9 Å². The lowest BCUT2D eigenvalue weighted by atomic mass is 10.2. The zero-order chi connectivity index (χ0) is 14.0. The fraction of sp³-hybridized carbons (Fsp3) is 0.214. The molecule has 2 nitrogen and oxygen atoms in total. The number of carbonyl (C=O) groups is 1. The van der Waals surface area contributed by atoms with Crippen LogP contribution < -0.4 is 0 Å². The molecule has 0 aliphatic heterocycles. The molecule has 1 aromatic heterocycles. The molecule has 19 heavy (non-hydrogen) atoms. The minimum Gasteiger partial charge on any atom is -0.337 e. The summed E-state index contributed by atoms with van der Waals surface area (Å²) >= 11 is 1.34. The van der Waals surface area contributed by atoms with Crippen molar-refractivity contribution in [1.82, 2.24) is 4.90 Å². The van der Waals surface area contributed by atoms with E-state index in [9.17, 15) is 13.6 Å². The van der Waals surface area contributed by atoms with Gasteiger partial charge in [0.05, 0.1) is 4.88 Å². The summed E-state index contributed by atoms with van der Waals surface area (Å²) in [7, 11) is 1.57. The Morgan fingerprint density at radius 2 is 2.11 bits per heavy atom. The van der Waals surface area contributed by atoms with Gasteiger partial charge in [-0.1, -0.05) is 12.1 Å². The number of carbonyl (C=O) groups excluding carboxylic acids is 1. The number of benzene rings is 1. The van der Waals surface area contributed by atoms with Gasteiger partial charge in [0.2, 0.25) is 0 Å². The van der Waals surface area contributed by atoms with Crippen molar-refractivity contribution in [1.29, 1.82) is 0 Å². The predicted molar refractivity (Wildman–Crippen MR) is 71.2 cm³/mol. The van der Waals surface area contributed by atoms with Crippen LogP contribution in [-0.2, 0) is 6.54 Å². The van der Waals surface area contributed by atoms with Crippen LogP contribution in [0.15, 0.2) is 29.6 Å². The lowest BCUT2D eigenvalue weighted by molar-refractivity contribution is 0.0788. The van der Waals surface area contributed by atoms with Gasteiger partial charge >= 0.3 is 0 Å². The largest absolute Gasteiger partial charge is 0.337 e. The summed E-state index contributed by atoms with van der Waals surface area (Å²) < 4.78 is 26.6. The quantitative estimate of drug-likeness (QED) is 0.841. The predicted octanol–water partition coefficient (Wildman–Crippen LogP) is 3.61. The Balaban J connectivity index is 2.15. The lowest BCUT2D eigenvalue weighted by Gasteiger charge is -2.16. The van der Waals surface area contributed by atoms with E-state index in [0.29, 0.717) is 4.88 Å². The molecule has 2 aromatic rings. The first-order chi connectivity index (χ1) is 8.99. The summed E-state index contributed by atoms with van der Waals surface area (Å²) in [4.78, 5) is 14.1. The maximum atomic E-state index is 13.5. The van der Waals surface area contributed by atoms with E-state index >= 15 is 0 Å². The van der Waals surface area contributed by atoms with E-state index in [0.717, 1.165) is 11.6 Å². The molecule has 0 atom stereocenters. The van der Waals surface area contributed by atoms with Crippen molar-refractivity contribution < 1.29 is 13.6 Å². The SMILES string of the molecule is Cc1csc(C(=O)N(C)Cc2cccc(F)c2F)c1. The summed E-state index contributed by atoms with van der Waals surface area (Å²) in [5, 5.41) is 1.88. The molecule has 0 aliphatic rings. The van der Waals surface area contributed by atoms with Gasteiger partial charge in [0, 0.05) is 19.2 Å². The van der Waals surface area contributed by atoms with Gasteiger partial charge in [-0.3, -0.25) is 4.79 Å². The van der Waals surface area contributed by atoms with Gasteiger partial charge < -0.3 is 4.90 Å². The number of nitrogens with zero attached hydrogens (tertiary/aromatic N) is 1. The molecular weight excluding hydrogens is 268 g/mol. The molecule has 0 spiro atoms. The second-order valence-electron chi connectivity index (χ2n) is 4.36. The summed E-state index contributed by atoms with van der Waals surface area (Å²) in [5.41, 5.74) is 1.18. The fourth-order valence-corrected chi connectivity index (χ4v) is 2.62. The molecule has 0 saturated carbocycles. The highest BCUT2D eigenvalue weighted by Gasteiger charge is 2.16. The van der Waals surface area contributed by atoms with Gasteiger partial charge in [-0.2, -0.15) is 0 Å². The van der Waals surface area contributed by atoms with Crippen LogP contribution >= 0.6 is 11.3 Å². The first-order valence-electron chi connectivity index (χ1n) is 5.72. The van der Waals surface area contributed by atoms with Gasteiger partial charge in [-0.05, 0) is 30.0 Å². The minimum atomic E-state index is -0.899. The molecule has 2 rings (SSSR count). The summed E-state index contributed by atoms with van der Waals surface area (Å²) in [6, 6.07) is 5.75. The van der Waals surface area contributed by atoms with Gasteiger partial charge in [0.15, 0.2) is 11.6 Å². The minimum absolute atomic E-state index is 0.0410. The average Bonchev–Trinajstić information content (AvgIpc) is 2.80. The Morgan fingerprint density at radius 3 is 2.74 bits per heavy atom. The van der Waals surface area contributed by atoms with Crippen molar-refractivity contribution >= 4 is 17.2 Å². The molecule has 0 saturated heterocycles. The number of amides is 1. The van der Waals surface area contributed by atoms with Crippen molar-refractivity contribution in [3.05, 3.63) is 57.3 Å². The van der Waals surface area contributed by atoms with Crippen molar-refractivity contribution in [3.8, 4) is 0 Å². The highest BCUT2D eigenvalue weighted by molar-refractivity contribution is 7.12. The second kappa shape index (κ2) is 5.48. The van der Waals surface area contributed by atoms with E-state index in [1.807, 2.05) is 12.3 Å². The second-order valence-corrected chi connectivity index (χ2v) is 5.27. The fourth-order valence-electron chi connectivity index (χ4n) is 1.73. The Bertz CT molecular complexity index is 609. The van der Waals surface area contributed by atoms with Crippen LogP contribution in [0.2, 0.25) is 0 Å². The van der Waals surface area contributed by atoms with E-state index < -0.39 is 11.6 Å². The summed E-state index contributed by atoms with van der Waals surface area (Å²) in [5.74, 6) is -1.99. The summed E-state index contributed by atoms with van der Waals surface area (Å²) in [6.45, 7) is 1.94. The normalized spacial score (nSPS) is 10.5. The number of thiophene rings is 1. The van der Waals surface area contributed by atoms with Gasteiger partial charge in [-0.15, -0.1) is 11.3 Å². The number of aryl methyl sites for hydroxylation is 1. The first-order valence-corrected chi connectivity index (χ1v) is 6.60. The Kier molecular flexibility index (Phi) is 3.95. The lowest BCUT2D eigenvalue weighted by Crippen LogP contribution is -2.26. The molecule has 0 aliphatic carbocycles. The standard InChI is InChI=1S/C14H13F2NOS/c1-9-6-12(19-8-9)14(18)17(2)7-10-4-3-5-11(15)13(10)16/h3-6,8H,7H2,1-2H3. The third-order valence-corrected chi connectivity index (χ3v) is 3.76. The van der Waals surface area contributed by atoms with E-state index in [2.05, 4.69) is 0 Å². The maximum Gasteiger partial charge on any atom is 0.263 e. The van der Waals surface area contributed by atoms with Gasteiger partial charge in [0.25, 0.3) is 5.91 Å². The summed E-state index contributed by atoms with van der Waals surface area (Å²) in [6.07, 6.45) is 0. The molecule has 1 aromatic carbocycles. The topological polar surface area (TPSA) is 20.3 Å². The van der Waals surface area contributed by atoms with E-state index in [1.165, 1.54) is 28.4 Å². The van der Waals surface area contributed by atoms with E-state index in [1.54, 1.807) is 13.1 Å². The molecule has 0 unspecified atom stereocenters. The third kappa shape index (κ3) is 2.98. The Labute approximate surface area is 114 Å². The molecular formula is C14H13F2NOS. The van der Waals surface area contributed by atoms with Crippen LogP contribution in [0.25, 0.3) is 0 Å². The third-order valence-electron chi connectivity index (χ3n) is 2.73. The number of hydrogen-bond acceptors (Lipinski definition) is 2. The van der Waals surface area contributed by atoms with E-state index in [4.69, 9.17) is 0 Å². The smallest absolute Gasteiger partial charge is 0.263 e. The van der Waals surface area contributed by atoms with Crippen LogP contribution in [0, 0.1) is 18.6 Å². The Hall–Kier alpha value is -1.75. The molecule has 1 heterocycles. The van der Waals surface area contributed by atoms with Crippen LogP contribution in [0.3, 0.4) is 0 Å². The highest BCUT2D eigenvalue weighted by Crippen LogP contribution is 2.18. The zero-order valence-electron chi connectivity index (χ0n) is 10.6. The molecule has 0 radical (unpaired) electrons. The van der Waals surface area contributed by atoms with Crippen molar-refractivity contribution in [2.24, 2.45) is 0 Å². The van der Waals surface area contributed by atoms with Crippen molar-refractivity contribution in [2.75, 3.05) is 7.05 Å². The molecule has 0 N–H and O–H groups in total. The average molecular weight is 281 g/mol. The van der Waals surface area contributed by atoms with Crippen LogP contribution in [0.5, 0.6) is 0 Å². The van der Waals surface area contributed by atoms with Crippen molar-refractivity contribution in [3.63, 3.8) is 0 Å². The van der Waals surface area contributed by atoms with Gasteiger partial charge in [-0.25, -0.2) is 8.78 Å². The first kappa shape index (κ1) is 13.7. The maximum absolute atomic E-state index is 13.5. The van der Waals surface area contributed by atoms with Crippen LogP contribution in [0.1, 0.15) is 20.8 Å². The van der Waals surface area contributed by atoms with Crippen LogP contribution in [0.4, 0.5) is 8.78 Å². The molecule has 0 bridgehead atoms. The van der Waals surface area contributed by atoms with E-state index in [-0.39, 0.29) is 18.0 Å². The monoisotopic (exact) mass is 281 g/mol. The van der Waals surface area contributed by atoms with Crippen molar-refractivity contribution in [2.45, 2.75) is 13.5 Å². The molecule has 1 amide bonds. The number of halogens is 2. The molecule has 5 heteroatoms. The Morgan fingerprint density at radius 1 is 1.37 bits per heavy atom. The highest BCUT2D eigenvalue weighted by atomic mass is 32.1. The number of hydrogen-bond donors (Lipinski definition) is 0. The molecule has 100 valence electrons. The zero-order valence-corrected chi connectivity index (χ0v) is 11.4. The number of rotatable bonds is 3.